The highest BCUT2D eigenvalue weighted by molar-refractivity contribution is 9.24. The average molecular weight is 405 g/mol. The second kappa shape index (κ2) is 6.63. The zero-order valence-corrected chi connectivity index (χ0v) is 14.1. The molecule has 6 heteroatoms. The number of alkyl halides is 2. The zero-order valence-electron chi connectivity index (χ0n) is 10.1. The Balaban J connectivity index is 2.49. The molecule has 0 aliphatic heterocycles. The number of carbonyl (C=O) groups excluding carboxylic acids is 1. The van der Waals surface area contributed by atoms with Crippen molar-refractivity contribution in [2.24, 2.45) is 0 Å². The predicted molar refractivity (Wildman–Crippen MR) is 84.1 cm³/mol. The summed E-state index contributed by atoms with van der Waals surface area (Å²) in [7, 11) is 0. The summed E-state index contributed by atoms with van der Waals surface area (Å²) in [6.07, 6.45) is 0. The van der Waals surface area contributed by atoms with Crippen molar-refractivity contribution >= 4 is 49.2 Å². The van der Waals surface area contributed by atoms with Crippen molar-refractivity contribution in [2.45, 2.75) is 10.7 Å². The third-order valence-corrected chi connectivity index (χ3v) is 4.98. The molecule has 2 rings (SSSR count). The number of ether oxygens (including phenoxy) is 1. The van der Waals surface area contributed by atoms with Gasteiger partial charge in [-0.1, -0.05) is 62.2 Å². The minimum absolute atomic E-state index is 0.0735. The Kier molecular flexibility index (Phi) is 5.13. The number of aromatic nitrogens is 1. The van der Waals surface area contributed by atoms with Gasteiger partial charge in [-0.15, -0.1) is 11.3 Å². The second-order valence-corrected chi connectivity index (χ2v) is 7.71. The van der Waals surface area contributed by atoms with E-state index in [0.29, 0.717) is 12.3 Å². The molecule has 2 aromatic rings. The highest BCUT2D eigenvalue weighted by Gasteiger charge is 2.22. The topological polar surface area (TPSA) is 39.2 Å². The van der Waals surface area contributed by atoms with Gasteiger partial charge in [0.15, 0.2) is 5.69 Å². The van der Waals surface area contributed by atoms with Gasteiger partial charge in [-0.3, -0.25) is 0 Å². The van der Waals surface area contributed by atoms with Gasteiger partial charge in [-0.25, -0.2) is 9.78 Å². The fraction of sp³-hybridized carbons (Fsp3) is 0.231. The molecule has 0 fully saturated rings. The van der Waals surface area contributed by atoms with Crippen LogP contribution in [0.5, 0.6) is 0 Å². The lowest BCUT2D eigenvalue weighted by molar-refractivity contribution is 0.0521. The van der Waals surface area contributed by atoms with Gasteiger partial charge >= 0.3 is 5.97 Å². The molecule has 0 saturated heterocycles. The summed E-state index contributed by atoms with van der Waals surface area (Å²) in [5, 5.41) is 0.793. The van der Waals surface area contributed by atoms with Crippen molar-refractivity contribution in [1.29, 1.82) is 0 Å². The van der Waals surface area contributed by atoms with E-state index in [1.54, 1.807) is 6.92 Å². The molecule has 3 nitrogen and oxygen atoms in total. The number of carbonyl (C=O) groups is 1. The Hall–Kier alpha value is -0.720. The van der Waals surface area contributed by atoms with Crippen molar-refractivity contribution in [3.63, 3.8) is 0 Å². The molecule has 100 valence electrons. The Bertz CT molecular complexity index is 569. The van der Waals surface area contributed by atoms with Crippen molar-refractivity contribution in [1.82, 2.24) is 4.98 Å². The van der Waals surface area contributed by atoms with E-state index in [9.17, 15) is 4.79 Å². The molecule has 0 spiro atoms. The fourth-order valence-corrected chi connectivity index (χ4v) is 3.23. The molecule has 0 radical (unpaired) electrons. The quantitative estimate of drug-likeness (QED) is 0.543. The number of hydrogen-bond donors (Lipinski definition) is 0. The van der Waals surface area contributed by atoms with Crippen molar-refractivity contribution in [2.75, 3.05) is 6.61 Å². The molecule has 1 aromatic heterocycles. The molecule has 1 aromatic carbocycles. The lowest BCUT2D eigenvalue weighted by Gasteiger charge is -2.01. The molecule has 0 atom stereocenters. The molecule has 1 heterocycles. The van der Waals surface area contributed by atoms with Gasteiger partial charge in [0, 0.05) is 0 Å². The largest absolute Gasteiger partial charge is 0.461 e. The summed E-state index contributed by atoms with van der Waals surface area (Å²) in [6.45, 7) is 2.12. The van der Waals surface area contributed by atoms with Crippen LogP contribution in [0.3, 0.4) is 0 Å². The zero-order chi connectivity index (χ0) is 13.8. The summed E-state index contributed by atoms with van der Waals surface area (Å²) in [4.78, 5) is 17.2. The van der Waals surface area contributed by atoms with Gasteiger partial charge in [0.25, 0.3) is 0 Å². The first-order chi connectivity index (χ1) is 9.13. The van der Waals surface area contributed by atoms with Crippen LogP contribution >= 0.6 is 43.2 Å². The van der Waals surface area contributed by atoms with Crippen molar-refractivity contribution in [3.05, 3.63) is 41.0 Å². The van der Waals surface area contributed by atoms with Crippen LogP contribution in [0.1, 0.15) is 26.2 Å². The number of esters is 1. The van der Waals surface area contributed by atoms with Crippen LogP contribution in [0.25, 0.3) is 10.4 Å². The molecule has 0 saturated carbocycles. The maximum atomic E-state index is 12.0. The Morgan fingerprint density at radius 1 is 1.37 bits per heavy atom. The van der Waals surface area contributed by atoms with E-state index in [-0.39, 0.29) is 9.71 Å². The van der Waals surface area contributed by atoms with Crippen LogP contribution in [0.15, 0.2) is 30.3 Å². The smallest absolute Gasteiger partial charge is 0.358 e. The third-order valence-electron chi connectivity index (χ3n) is 2.34. The summed E-state index contributed by atoms with van der Waals surface area (Å²) in [6, 6.07) is 9.72. The Morgan fingerprint density at radius 2 is 2.05 bits per heavy atom. The normalized spacial score (nSPS) is 10.7. The summed E-state index contributed by atoms with van der Waals surface area (Å²) in [5.74, 6) is -0.385. The second-order valence-electron chi connectivity index (χ2n) is 3.62. The highest BCUT2D eigenvalue weighted by atomic mass is 79.9. The number of benzene rings is 1. The Labute approximate surface area is 132 Å². The van der Waals surface area contributed by atoms with Gasteiger partial charge in [0.05, 0.1) is 11.5 Å². The van der Waals surface area contributed by atoms with Gasteiger partial charge in [0.1, 0.15) is 8.74 Å². The molecule has 0 amide bonds. The molecule has 19 heavy (non-hydrogen) atoms. The van der Waals surface area contributed by atoms with E-state index in [2.05, 4.69) is 36.8 Å². The van der Waals surface area contributed by atoms with E-state index >= 15 is 0 Å². The minimum Gasteiger partial charge on any atom is -0.461 e. The van der Waals surface area contributed by atoms with Crippen LogP contribution in [-0.2, 0) is 4.74 Å². The minimum atomic E-state index is -0.385. The van der Waals surface area contributed by atoms with Crippen LogP contribution in [0, 0.1) is 0 Å². The molecule has 0 aliphatic carbocycles. The maximum absolute atomic E-state index is 12.0. The van der Waals surface area contributed by atoms with Gasteiger partial charge < -0.3 is 4.74 Å². The standard InChI is InChI=1S/C13H11Br2NO2S/c1-2-18-13(17)9-10(8-6-4-3-5-7-8)19-12(16-9)11(14)15/h3-7,11H,2H2,1H3. The van der Waals surface area contributed by atoms with Crippen molar-refractivity contribution in [3.8, 4) is 10.4 Å². The molecular formula is C13H11Br2NO2S. The highest BCUT2D eigenvalue weighted by Crippen LogP contribution is 2.38. The lowest BCUT2D eigenvalue weighted by Crippen LogP contribution is -2.06. The van der Waals surface area contributed by atoms with Crippen LogP contribution in [0.4, 0.5) is 0 Å². The predicted octanol–water partition coefficient (Wildman–Crippen LogP) is 4.78. The van der Waals surface area contributed by atoms with Gasteiger partial charge in [-0.2, -0.15) is 0 Å². The first kappa shape index (κ1) is 14.7. The van der Waals surface area contributed by atoms with Crippen LogP contribution in [0.2, 0.25) is 0 Å². The Morgan fingerprint density at radius 3 is 2.63 bits per heavy atom. The van der Waals surface area contributed by atoms with Crippen molar-refractivity contribution < 1.29 is 9.53 Å². The van der Waals surface area contributed by atoms with Crippen LogP contribution < -0.4 is 0 Å². The molecule has 0 bridgehead atoms. The SMILES string of the molecule is CCOC(=O)c1nc(C(Br)Br)sc1-c1ccccc1. The van der Waals surface area contributed by atoms with Gasteiger partial charge in [-0.05, 0) is 12.5 Å². The summed E-state index contributed by atoms with van der Waals surface area (Å²) < 4.78 is 4.98. The first-order valence-electron chi connectivity index (χ1n) is 5.65. The molecular weight excluding hydrogens is 394 g/mol. The van der Waals surface area contributed by atoms with E-state index in [1.807, 2.05) is 30.3 Å². The number of rotatable bonds is 4. The van der Waals surface area contributed by atoms with Crippen LogP contribution in [-0.4, -0.2) is 17.6 Å². The third kappa shape index (κ3) is 3.43. The van der Waals surface area contributed by atoms with E-state index in [4.69, 9.17) is 4.74 Å². The summed E-state index contributed by atoms with van der Waals surface area (Å²) in [5.41, 5.74) is 1.34. The number of hydrogen-bond acceptors (Lipinski definition) is 4. The van der Waals surface area contributed by atoms with E-state index in [1.165, 1.54) is 11.3 Å². The maximum Gasteiger partial charge on any atom is 0.358 e. The molecule has 0 N–H and O–H groups in total. The number of thiazole rings is 1. The van der Waals surface area contributed by atoms with Gasteiger partial charge in [0.2, 0.25) is 0 Å². The average Bonchev–Trinajstić information content (AvgIpc) is 2.85. The monoisotopic (exact) mass is 403 g/mol. The van der Waals surface area contributed by atoms with E-state index in [0.717, 1.165) is 15.4 Å². The lowest BCUT2D eigenvalue weighted by atomic mass is 10.1. The summed E-state index contributed by atoms with van der Waals surface area (Å²) >= 11 is 8.28. The van der Waals surface area contributed by atoms with E-state index < -0.39 is 0 Å². The molecule has 0 unspecified atom stereocenters. The molecule has 0 aliphatic rings. The number of halogens is 2. The fourth-order valence-electron chi connectivity index (χ4n) is 1.55. The first-order valence-corrected chi connectivity index (χ1v) is 8.29. The number of nitrogens with zero attached hydrogens (tertiary/aromatic N) is 1.